The Morgan fingerprint density at radius 3 is 1.58 bits per heavy atom. The number of phosphoric ester groups is 1. The summed E-state index contributed by atoms with van der Waals surface area (Å²) in [7, 11) is -4.27. The van der Waals surface area contributed by atoms with E-state index < -0.39 is 13.9 Å². The number of hydrogen-bond donors (Lipinski definition) is 2. The highest BCUT2D eigenvalue weighted by molar-refractivity contribution is 7.47. The lowest BCUT2D eigenvalue weighted by Gasteiger charge is -2.20. The van der Waals surface area contributed by atoms with Crippen LogP contribution in [0.1, 0.15) is 206 Å². The van der Waals surface area contributed by atoms with E-state index in [4.69, 9.17) is 24.3 Å². The van der Waals surface area contributed by atoms with E-state index in [9.17, 15) is 14.3 Å². The summed E-state index contributed by atoms with van der Waals surface area (Å²) in [5.74, 6) is -0.331. The fourth-order valence-corrected chi connectivity index (χ4v) is 6.92. The van der Waals surface area contributed by atoms with Gasteiger partial charge in [-0.1, -0.05) is 186 Å². The SMILES string of the molecule is CCC/C=C\C/C=C\CCCCCCCCOCC(COP(=O)(O)OCCN)OC(=O)CCCCCCCCCCCCCCCCCCCCC. The molecule has 0 bridgehead atoms. The van der Waals surface area contributed by atoms with Crippen molar-refractivity contribution in [1.29, 1.82) is 0 Å². The minimum atomic E-state index is -4.27. The predicted octanol–water partition coefficient (Wildman–Crippen LogP) is 12.9. The maximum absolute atomic E-state index is 12.6. The van der Waals surface area contributed by atoms with Gasteiger partial charge >= 0.3 is 13.8 Å². The monoisotopic (exact) mass is 758 g/mol. The molecule has 0 aliphatic carbocycles. The van der Waals surface area contributed by atoms with E-state index >= 15 is 0 Å². The van der Waals surface area contributed by atoms with Crippen LogP contribution in [0.3, 0.4) is 0 Å². The number of phosphoric acid groups is 1. The molecule has 52 heavy (non-hydrogen) atoms. The smallest absolute Gasteiger partial charge is 0.457 e. The first-order valence-electron chi connectivity index (χ1n) is 21.8. The molecular weight excluding hydrogens is 673 g/mol. The fraction of sp³-hybridized carbons (Fsp3) is 0.884. The van der Waals surface area contributed by atoms with E-state index in [0.29, 0.717) is 13.0 Å². The van der Waals surface area contributed by atoms with Crippen LogP contribution in [0.4, 0.5) is 0 Å². The number of rotatable bonds is 42. The molecule has 0 aliphatic rings. The first-order valence-corrected chi connectivity index (χ1v) is 23.3. The van der Waals surface area contributed by atoms with Crippen molar-refractivity contribution in [2.24, 2.45) is 5.73 Å². The van der Waals surface area contributed by atoms with Gasteiger partial charge in [-0.25, -0.2) is 4.57 Å². The topological polar surface area (TPSA) is 117 Å². The van der Waals surface area contributed by atoms with Crippen LogP contribution in [0, 0.1) is 0 Å². The number of ether oxygens (including phenoxy) is 2. The summed E-state index contributed by atoms with van der Waals surface area (Å²) in [6, 6.07) is 0. The number of nitrogens with two attached hydrogens (primary N) is 1. The molecular formula is C43H84NO7P. The quantitative estimate of drug-likeness (QED) is 0.0273. The fourth-order valence-electron chi connectivity index (χ4n) is 6.15. The molecule has 2 unspecified atom stereocenters. The van der Waals surface area contributed by atoms with Gasteiger partial charge in [0.1, 0.15) is 6.10 Å². The van der Waals surface area contributed by atoms with Crippen molar-refractivity contribution in [1.82, 2.24) is 0 Å². The molecule has 0 heterocycles. The summed E-state index contributed by atoms with van der Waals surface area (Å²) < 4.78 is 33.4. The minimum absolute atomic E-state index is 0.0957. The van der Waals surface area contributed by atoms with Crippen LogP contribution in [0.2, 0.25) is 0 Å². The van der Waals surface area contributed by atoms with Gasteiger partial charge in [0.15, 0.2) is 0 Å². The second kappa shape index (κ2) is 41.1. The molecule has 8 nitrogen and oxygen atoms in total. The summed E-state index contributed by atoms with van der Waals surface area (Å²) in [6.07, 6.45) is 44.8. The van der Waals surface area contributed by atoms with E-state index in [0.717, 1.165) is 44.9 Å². The van der Waals surface area contributed by atoms with Crippen LogP contribution in [-0.4, -0.2) is 49.9 Å². The third-order valence-corrected chi connectivity index (χ3v) is 10.3. The molecule has 0 aromatic heterocycles. The number of esters is 1. The molecule has 0 aromatic rings. The van der Waals surface area contributed by atoms with Gasteiger partial charge in [0.05, 0.1) is 19.8 Å². The molecule has 0 fully saturated rings. The van der Waals surface area contributed by atoms with Gasteiger partial charge in [0.2, 0.25) is 0 Å². The van der Waals surface area contributed by atoms with E-state index in [1.807, 2.05) is 0 Å². The second-order valence-corrected chi connectivity index (χ2v) is 16.0. The van der Waals surface area contributed by atoms with E-state index in [1.165, 1.54) is 141 Å². The van der Waals surface area contributed by atoms with Crippen molar-refractivity contribution in [3.8, 4) is 0 Å². The lowest BCUT2D eigenvalue weighted by Crippen LogP contribution is -2.28. The summed E-state index contributed by atoms with van der Waals surface area (Å²) in [5, 5.41) is 0. The molecule has 0 aromatic carbocycles. The minimum Gasteiger partial charge on any atom is -0.457 e. The summed E-state index contributed by atoms with van der Waals surface area (Å²) in [6.45, 7) is 4.87. The van der Waals surface area contributed by atoms with Gasteiger partial charge in [-0.2, -0.15) is 0 Å². The predicted molar refractivity (Wildman–Crippen MR) is 220 cm³/mol. The third-order valence-electron chi connectivity index (χ3n) is 9.35. The molecule has 9 heteroatoms. The Hall–Kier alpha value is -1.02. The van der Waals surface area contributed by atoms with Crippen LogP contribution >= 0.6 is 7.82 Å². The number of unbranched alkanes of at least 4 members (excludes halogenated alkanes) is 25. The zero-order valence-electron chi connectivity index (χ0n) is 34.1. The highest BCUT2D eigenvalue weighted by Gasteiger charge is 2.25. The Kier molecular flexibility index (Phi) is 40.3. The van der Waals surface area contributed by atoms with Crippen molar-refractivity contribution in [3.63, 3.8) is 0 Å². The van der Waals surface area contributed by atoms with Crippen molar-refractivity contribution < 1.29 is 32.8 Å². The summed E-state index contributed by atoms with van der Waals surface area (Å²) in [4.78, 5) is 22.5. The molecule has 308 valence electrons. The summed E-state index contributed by atoms with van der Waals surface area (Å²) >= 11 is 0. The number of allylic oxidation sites excluding steroid dienone is 4. The zero-order chi connectivity index (χ0) is 38.1. The lowest BCUT2D eigenvalue weighted by atomic mass is 10.0. The van der Waals surface area contributed by atoms with Crippen LogP contribution in [0.15, 0.2) is 24.3 Å². The molecule has 0 saturated heterocycles. The highest BCUT2D eigenvalue weighted by Crippen LogP contribution is 2.43. The first kappa shape index (κ1) is 51.0. The van der Waals surface area contributed by atoms with E-state index in [2.05, 4.69) is 38.2 Å². The Morgan fingerprint density at radius 2 is 1.06 bits per heavy atom. The normalized spacial score (nSPS) is 13.7. The molecule has 0 spiro atoms. The Balaban J connectivity index is 3.99. The van der Waals surface area contributed by atoms with Crippen molar-refractivity contribution in [3.05, 3.63) is 24.3 Å². The van der Waals surface area contributed by atoms with Gasteiger partial charge < -0.3 is 20.1 Å². The second-order valence-electron chi connectivity index (χ2n) is 14.6. The Labute approximate surface area is 321 Å². The van der Waals surface area contributed by atoms with Gasteiger partial charge in [-0.15, -0.1) is 0 Å². The van der Waals surface area contributed by atoms with Crippen molar-refractivity contribution in [2.45, 2.75) is 213 Å². The molecule has 3 N–H and O–H groups in total. The maximum Gasteiger partial charge on any atom is 0.472 e. The van der Waals surface area contributed by atoms with Gasteiger partial charge in [0, 0.05) is 19.6 Å². The molecule has 0 rings (SSSR count). The molecule has 0 aliphatic heterocycles. The molecule has 0 saturated carbocycles. The average molecular weight is 758 g/mol. The first-order chi connectivity index (χ1) is 25.4. The Morgan fingerprint density at radius 1 is 0.577 bits per heavy atom. The standard InChI is InChI=1S/C43H84NO7P/c1-3-5-7-9-11-13-15-17-19-20-21-22-23-24-26-28-30-32-34-36-43(45)51-42(41-50-52(46,47)49-39-37-44)40-48-38-35-33-31-29-27-25-18-16-14-12-10-8-6-4-2/h8,10,14,16,42H,3-7,9,11-13,15,17-41,44H2,1-2H3,(H,46,47)/b10-8-,16-14-. The lowest BCUT2D eigenvalue weighted by molar-refractivity contribution is -0.154. The largest absolute Gasteiger partial charge is 0.472 e. The highest BCUT2D eigenvalue weighted by atomic mass is 31.2. The van der Waals surface area contributed by atoms with Gasteiger partial charge in [-0.3, -0.25) is 13.8 Å². The van der Waals surface area contributed by atoms with Crippen molar-refractivity contribution >= 4 is 13.8 Å². The van der Waals surface area contributed by atoms with Crippen LogP contribution < -0.4 is 5.73 Å². The zero-order valence-corrected chi connectivity index (χ0v) is 35.0. The van der Waals surface area contributed by atoms with Crippen LogP contribution in [-0.2, 0) is 27.9 Å². The van der Waals surface area contributed by atoms with Crippen molar-refractivity contribution in [2.75, 3.05) is 33.0 Å². The summed E-state index contributed by atoms with van der Waals surface area (Å²) in [5.41, 5.74) is 5.37. The van der Waals surface area contributed by atoms with Gasteiger partial charge in [-0.05, 0) is 38.5 Å². The van der Waals surface area contributed by atoms with Gasteiger partial charge in [0.25, 0.3) is 0 Å². The molecule has 0 amide bonds. The van der Waals surface area contributed by atoms with E-state index in [1.54, 1.807) is 0 Å². The number of carbonyl (C=O) groups is 1. The van der Waals surface area contributed by atoms with Crippen LogP contribution in [0.25, 0.3) is 0 Å². The average Bonchev–Trinajstić information content (AvgIpc) is 3.13. The number of hydrogen-bond acceptors (Lipinski definition) is 7. The van der Waals surface area contributed by atoms with E-state index in [-0.39, 0.29) is 32.3 Å². The van der Waals surface area contributed by atoms with Crippen LogP contribution in [0.5, 0.6) is 0 Å². The maximum atomic E-state index is 12.6. The molecule has 0 radical (unpaired) electrons. The molecule has 2 atom stereocenters. The number of carbonyl (C=O) groups excluding carboxylic acids is 1. The Bertz CT molecular complexity index is 853. The third kappa shape index (κ3) is 40.2.